The highest BCUT2D eigenvalue weighted by molar-refractivity contribution is 5.75. The molecule has 1 amide bonds. The molecule has 1 fully saturated rings. The fraction of sp³-hybridized carbons (Fsp3) is 0.522. The number of nitrogens with zero attached hydrogens (tertiary/aromatic N) is 1. The van der Waals surface area contributed by atoms with Gasteiger partial charge in [-0.1, -0.05) is 12.1 Å². The first-order valence-electron chi connectivity index (χ1n) is 10.2. The average molecular weight is 385 g/mol. The summed E-state index contributed by atoms with van der Waals surface area (Å²) < 4.78 is 10.8. The van der Waals surface area contributed by atoms with E-state index in [1.807, 2.05) is 19.1 Å². The first-order chi connectivity index (χ1) is 13.5. The Balaban J connectivity index is 1.41. The van der Waals surface area contributed by atoms with Gasteiger partial charge >= 0.3 is 0 Å². The highest BCUT2D eigenvalue weighted by Crippen LogP contribution is 2.24. The summed E-state index contributed by atoms with van der Waals surface area (Å²) in [5.74, 6) is 3.32. The first kappa shape index (κ1) is 20.5. The highest BCUT2D eigenvalue weighted by atomic mass is 16.5. The smallest absolute Gasteiger partial charge is 0.220 e. The van der Waals surface area contributed by atoms with E-state index in [4.69, 9.17) is 9.15 Å². The van der Waals surface area contributed by atoms with Crippen LogP contribution in [0.3, 0.4) is 0 Å². The fourth-order valence-electron chi connectivity index (χ4n) is 4.02. The van der Waals surface area contributed by atoms with Crippen LogP contribution in [-0.4, -0.2) is 31.0 Å². The van der Waals surface area contributed by atoms with Crippen molar-refractivity contribution in [1.29, 1.82) is 0 Å². The third kappa shape index (κ3) is 5.86. The van der Waals surface area contributed by atoms with Gasteiger partial charge in [0.2, 0.25) is 5.91 Å². The summed E-state index contributed by atoms with van der Waals surface area (Å²) in [5.41, 5.74) is 2.50. The molecule has 152 valence electrons. The predicted molar refractivity (Wildman–Crippen MR) is 110 cm³/mol. The number of benzene rings is 1. The second-order valence-corrected chi connectivity index (χ2v) is 7.88. The summed E-state index contributed by atoms with van der Waals surface area (Å²) in [6.45, 7) is 7.63. The topological polar surface area (TPSA) is 54.7 Å². The lowest BCUT2D eigenvalue weighted by Crippen LogP contribution is -2.35. The Labute approximate surface area is 168 Å². The number of carbonyl (C=O) groups is 1. The van der Waals surface area contributed by atoms with E-state index in [1.54, 1.807) is 7.11 Å². The van der Waals surface area contributed by atoms with Crippen molar-refractivity contribution < 1.29 is 13.9 Å². The fourth-order valence-corrected chi connectivity index (χ4v) is 4.02. The van der Waals surface area contributed by atoms with Crippen molar-refractivity contribution in [1.82, 2.24) is 10.2 Å². The molecule has 2 aromatic rings. The molecule has 0 bridgehead atoms. The molecule has 0 spiro atoms. The molecule has 1 aromatic heterocycles. The number of methoxy groups -OCH3 is 1. The summed E-state index contributed by atoms with van der Waals surface area (Å²) >= 11 is 0. The van der Waals surface area contributed by atoms with Crippen molar-refractivity contribution in [3.63, 3.8) is 0 Å². The molecule has 1 saturated heterocycles. The number of rotatable bonds is 8. The molecule has 5 heteroatoms. The Hall–Kier alpha value is -2.27. The van der Waals surface area contributed by atoms with E-state index in [9.17, 15) is 4.79 Å². The number of carbonyl (C=O) groups excluding carboxylic acids is 1. The van der Waals surface area contributed by atoms with Gasteiger partial charge in [-0.05, 0) is 74.9 Å². The van der Waals surface area contributed by atoms with Crippen molar-refractivity contribution in [2.45, 2.75) is 52.6 Å². The van der Waals surface area contributed by atoms with Gasteiger partial charge in [0.25, 0.3) is 0 Å². The molecule has 5 nitrogen and oxygen atoms in total. The molecule has 3 rings (SSSR count). The largest absolute Gasteiger partial charge is 0.496 e. The lowest BCUT2D eigenvalue weighted by Gasteiger charge is -2.32. The minimum absolute atomic E-state index is 0.108. The first-order valence-corrected chi connectivity index (χ1v) is 10.2. The van der Waals surface area contributed by atoms with E-state index < -0.39 is 0 Å². The minimum Gasteiger partial charge on any atom is -0.496 e. The van der Waals surface area contributed by atoms with E-state index in [0.29, 0.717) is 18.9 Å². The Bertz CT molecular complexity index is 784. The number of nitrogens with one attached hydrogen (secondary N) is 1. The maximum Gasteiger partial charge on any atom is 0.220 e. The number of aryl methyl sites for hydroxylation is 2. The van der Waals surface area contributed by atoms with Gasteiger partial charge in [0.15, 0.2) is 0 Å². The van der Waals surface area contributed by atoms with Crippen LogP contribution >= 0.6 is 0 Å². The predicted octanol–water partition coefficient (Wildman–Crippen LogP) is 4.21. The zero-order valence-electron chi connectivity index (χ0n) is 17.3. The molecule has 1 aliphatic heterocycles. The van der Waals surface area contributed by atoms with Crippen LogP contribution in [0.5, 0.6) is 5.75 Å². The Morgan fingerprint density at radius 2 is 2.14 bits per heavy atom. The lowest BCUT2D eigenvalue weighted by atomic mass is 9.93. The van der Waals surface area contributed by atoms with E-state index in [0.717, 1.165) is 43.3 Å². The number of hydrogen-bond acceptors (Lipinski definition) is 4. The van der Waals surface area contributed by atoms with Crippen molar-refractivity contribution in [2.75, 3.05) is 20.2 Å². The minimum atomic E-state index is 0.108. The highest BCUT2D eigenvalue weighted by Gasteiger charge is 2.21. The molecule has 0 aliphatic carbocycles. The normalized spacial score (nSPS) is 17.5. The number of likely N-dealkylation sites (tertiary alicyclic amines) is 1. The van der Waals surface area contributed by atoms with Crippen molar-refractivity contribution >= 4 is 5.91 Å². The van der Waals surface area contributed by atoms with Gasteiger partial charge in [-0.15, -0.1) is 0 Å². The SMILES string of the molecule is COc1ccc(CN2CCCC(CCC(=O)NCc3ccc(C)o3)C2)cc1C. The quantitative estimate of drug-likeness (QED) is 0.741. The van der Waals surface area contributed by atoms with Crippen LogP contribution < -0.4 is 10.1 Å². The zero-order valence-corrected chi connectivity index (χ0v) is 17.3. The van der Waals surface area contributed by atoms with Crippen molar-refractivity contribution in [2.24, 2.45) is 5.92 Å². The molecule has 2 heterocycles. The maximum atomic E-state index is 12.2. The van der Waals surface area contributed by atoms with Gasteiger partial charge in [0, 0.05) is 19.5 Å². The number of furan rings is 1. The van der Waals surface area contributed by atoms with Crippen LogP contribution in [-0.2, 0) is 17.9 Å². The van der Waals surface area contributed by atoms with Crippen molar-refractivity contribution in [3.05, 3.63) is 53.0 Å². The third-order valence-electron chi connectivity index (χ3n) is 5.50. The number of piperidine rings is 1. The van der Waals surface area contributed by atoms with Crippen LogP contribution in [0, 0.1) is 19.8 Å². The second-order valence-electron chi connectivity index (χ2n) is 7.88. The summed E-state index contributed by atoms with van der Waals surface area (Å²) in [6, 6.07) is 10.3. The molecule has 1 atom stereocenters. The van der Waals surface area contributed by atoms with E-state index in [-0.39, 0.29) is 5.91 Å². The molecule has 1 aromatic carbocycles. The molecule has 0 saturated carbocycles. The number of ether oxygens (including phenoxy) is 1. The van der Waals surface area contributed by atoms with Crippen LogP contribution in [0.15, 0.2) is 34.7 Å². The number of hydrogen-bond donors (Lipinski definition) is 1. The third-order valence-corrected chi connectivity index (χ3v) is 5.50. The van der Waals surface area contributed by atoms with Gasteiger partial charge in [-0.2, -0.15) is 0 Å². The lowest BCUT2D eigenvalue weighted by molar-refractivity contribution is -0.121. The number of amides is 1. The summed E-state index contributed by atoms with van der Waals surface area (Å²) in [6.07, 6.45) is 3.94. The summed E-state index contributed by atoms with van der Waals surface area (Å²) in [7, 11) is 1.71. The van der Waals surface area contributed by atoms with Gasteiger partial charge in [0.1, 0.15) is 17.3 Å². The monoisotopic (exact) mass is 384 g/mol. The molecule has 28 heavy (non-hydrogen) atoms. The van der Waals surface area contributed by atoms with Crippen LogP contribution in [0.1, 0.15) is 48.3 Å². The molecule has 1 unspecified atom stereocenters. The molecule has 0 radical (unpaired) electrons. The Kier molecular flexibility index (Phi) is 7.15. The summed E-state index contributed by atoms with van der Waals surface area (Å²) in [5, 5.41) is 2.96. The van der Waals surface area contributed by atoms with Crippen LogP contribution in [0.2, 0.25) is 0 Å². The maximum absolute atomic E-state index is 12.2. The van der Waals surface area contributed by atoms with Gasteiger partial charge in [0.05, 0.1) is 13.7 Å². The van der Waals surface area contributed by atoms with Crippen molar-refractivity contribution in [3.8, 4) is 5.75 Å². The molecule has 1 N–H and O–H groups in total. The standard InChI is InChI=1S/C23H32N2O3/c1-17-13-20(7-10-22(17)27-3)16-25-12-4-5-19(15-25)8-11-23(26)24-14-21-9-6-18(2)28-21/h6-7,9-10,13,19H,4-5,8,11-12,14-16H2,1-3H3,(H,24,26). The van der Waals surface area contributed by atoms with Crippen LogP contribution in [0.25, 0.3) is 0 Å². The average Bonchev–Trinajstić information content (AvgIpc) is 3.10. The summed E-state index contributed by atoms with van der Waals surface area (Å²) in [4.78, 5) is 14.7. The molecule has 1 aliphatic rings. The second kappa shape index (κ2) is 9.78. The molecular weight excluding hydrogens is 352 g/mol. The van der Waals surface area contributed by atoms with E-state index >= 15 is 0 Å². The van der Waals surface area contributed by atoms with Gasteiger partial charge in [-0.3, -0.25) is 9.69 Å². The van der Waals surface area contributed by atoms with E-state index in [2.05, 4.69) is 35.3 Å². The zero-order chi connectivity index (χ0) is 19.9. The molecular formula is C23H32N2O3. The van der Waals surface area contributed by atoms with Gasteiger partial charge < -0.3 is 14.5 Å². The van der Waals surface area contributed by atoms with E-state index in [1.165, 1.54) is 24.0 Å². The Morgan fingerprint density at radius 3 is 2.86 bits per heavy atom. The van der Waals surface area contributed by atoms with Crippen LogP contribution in [0.4, 0.5) is 0 Å². The van der Waals surface area contributed by atoms with Gasteiger partial charge in [-0.25, -0.2) is 0 Å². The Morgan fingerprint density at radius 1 is 1.29 bits per heavy atom.